The summed E-state index contributed by atoms with van der Waals surface area (Å²) in [4.78, 5) is 12.2. The molecule has 9 heteroatoms. The van der Waals surface area contributed by atoms with Crippen LogP contribution in [0.1, 0.15) is 24.9 Å². The first-order valence-electron chi connectivity index (χ1n) is 8.11. The maximum Gasteiger partial charge on any atom is 0.240 e. The van der Waals surface area contributed by atoms with Gasteiger partial charge < -0.3 is 10.1 Å². The molecule has 0 aromatic heterocycles. The predicted molar refractivity (Wildman–Crippen MR) is 109 cm³/mol. The number of rotatable bonds is 8. The minimum absolute atomic E-state index is 0.0142. The van der Waals surface area contributed by atoms with Crippen LogP contribution in [0.15, 0.2) is 51.8 Å². The smallest absolute Gasteiger partial charge is 0.240 e. The van der Waals surface area contributed by atoms with Crippen molar-refractivity contribution in [3.63, 3.8) is 0 Å². The predicted octanol–water partition coefficient (Wildman–Crippen LogP) is 3.66. The molecule has 2 aromatic rings. The molecule has 0 bridgehead atoms. The van der Waals surface area contributed by atoms with Crippen molar-refractivity contribution >= 4 is 43.5 Å². The van der Waals surface area contributed by atoms with Gasteiger partial charge in [-0.2, -0.15) is 0 Å². The molecular weight excluding hydrogens is 456 g/mol. The van der Waals surface area contributed by atoms with Gasteiger partial charge in [0.15, 0.2) is 0 Å². The second-order valence-corrected chi connectivity index (χ2v) is 8.85. The Hall–Kier alpha value is -1.61. The second kappa shape index (κ2) is 9.54. The summed E-state index contributed by atoms with van der Waals surface area (Å²) in [7, 11) is -2.13. The van der Waals surface area contributed by atoms with Gasteiger partial charge in [0, 0.05) is 18.0 Å². The summed E-state index contributed by atoms with van der Waals surface area (Å²) in [5.74, 6) is 0.441. The molecule has 0 aliphatic rings. The molecule has 1 amide bonds. The van der Waals surface area contributed by atoms with Crippen LogP contribution in [0.2, 0.25) is 5.02 Å². The Morgan fingerprint density at radius 3 is 2.63 bits per heavy atom. The first-order valence-corrected chi connectivity index (χ1v) is 10.8. The van der Waals surface area contributed by atoms with E-state index in [4.69, 9.17) is 16.3 Å². The van der Waals surface area contributed by atoms with Gasteiger partial charge >= 0.3 is 0 Å². The normalized spacial score (nSPS) is 12.4. The molecule has 0 aliphatic carbocycles. The van der Waals surface area contributed by atoms with Crippen molar-refractivity contribution in [2.45, 2.75) is 24.3 Å². The molecule has 1 atom stereocenters. The van der Waals surface area contributed by atoms with E-state index in [-0.39, 0.29) is 29.8 Å². The van der Waals surface area contributed by atoms with Crippen molar-refractivity contribution < 1.29 is 17.9 Å². The van der Waals surface area contributed by atoms with Crippen molar-refractivity contribution in [2.24, 2.45) is 0 Å². The first kappa shape index (κ1) is 21.7. The van der Waals surface area contributed by atoms with Crippen molar-refractivity contribution in [3.8, 4) is 5.75 Å². The van der Waals surface area contributed by atoms with E-state index in [1.807, 2.05) is 19.1 Å². The highest BCUT2D eigenvalue weighted by Gasteiger charge is 2.16. The Balaban J connectivity index is 1.88. The molecule has 0 saturated heterocycles. The molecule has 27 heavy (non-hydrogen) atoms. The third kappa shape index (κ3) is 6.21. The minimum Gasteiger partial charge on any atom is -0.496 e. The molecule has 1 unspecified atom stereocenters. The van der Waals surface area contributed by atoms with Crippen LogP contribution in [0, 0.1) is 0 Å². The Kier molecular flexibility index (Phi) is 7.67. The molecule has 0 heterocycles. The number of carbonyl (C=O) groups is 1. The van der Waals surface area contributed by atoms with Crippen LogP contribution in [0.25, 0.3) is 0 Å². The van der Waals surface area contributed by atoms with Gasteiger partial charge in [-0.15, -0.1) is 0 Å². The molecule has 2 rings (SSSR count). The molecule has 0 aliphatic heterocycles. The highest BCUT2D eigenvalue weighted by molar-refractivity contribution is 9.10. The van der Waals surface area contributed by atoms with Gasteiger partial charge in [0.05, 0.1) is 22.5 Å². The summed E-state index contributed by atoms with van der Waals surface area (Å²) in [6.07, 6.45) is 0.0153. The fraction of sp³-hybridized carbons (Fsp3) is 0.278. The SMILES string of the molecule is COc1ccc(C(C)NC(=O)CCNS(=O)(=O)c2cccc(Cl)c2)cc1Br. The fourth-order valence-corrected chi connectivity index (χ4v) is 4.26. The number of benzene rings is 2. The number of carbonyl (C=O) groups excluding carboxylic acids is 1. The number of sulfonamides is 1. The van der Waals surface area contributed by atoms with Crippen LogP contribution in [0.3, 0.4) is 0 Å². The Morgan fingerprint density at radius 1 is 1.26 bits per heavy atom. The number of methoxy groups -OCH3 is 1. The van der Waals surface area contributed by atoms with Gasteiger partial charge in [-0.3, -0.25) is 4.79 Å². The maximum absolute atomic E-state index is 12.2. The molecule has 0 saturated carbocycles. The Labute approximate surface area is 172 Å². The van der Waals surface area contributed by atoms with Gasteiger partial charge in [-0.25, -0.2) is 13.1 Å². The molecular formula is C18H20BrClN2O4S. The van der Waals surface area contributed by atoms with Crippen molar-refractivity contribution in [1.29, 1.82) is 0 Å². The highest BCUT2D eigenvalue weighted by atomic mass is 79.9. The second-order valence-electron chi connectivity index (χ2n) is 5.79. The summed E-state index contributed by atoms with van der Waals surface area (Å²) in [6.45, 7) is 1.84. The standard InChI is InChI=1S/C18H20BrClN2O4S/c1-12(13-6-7-17(26-2)16(19)10-13)22-18(23)8-9-21-27(24,25)15-5-3-4-14(20)11-15/h3-7,10-12,21H,8-9H2,1-2H3,(H,22,23). The molecule has 0 fully saturated rings. The first-order chi connectivity index (χ1) is 12.7. The van der Waals surface area contributed by atoms with Crippen LogP contribution in [-0.2, 0) is 14.8 Å². The number of halogens is 2. The van der Waals surface area contributed by atoms with Crippen LogP contribution in [-0.4, -0.2) is 28.0 Å². The van der Waals surface area contributed by atoms with E-state index in [2.05, 4.69) is 26.0 Å². The maximum atomic E-state index is 12.2. The van der Waals surface area contributed by atoms with E-state index < -0.39 is 10.0 Å². The molecule has 2 N–H and O–H groups in total. The van der Waals surface area contributed by atoms with Gasteiger partial charge in [0.2, 0.25) is 15.9 Å². The van der Waals surface area contributed by atoms with Crippen LogP contribution in [0.5, 0.6) is 5.75 Å². The van der Waals surface area contributed by atoms with E-state index in [1.165, 1.54) is 12.1 Å². The number of ether oxygens (including phenoxy) is 1. The average molecular weight is 476 g/mol. The summed E-state index contributed by atoms with van der Waals surface area (Å²) >= 11 is 9.22. The van der Waals surface area contributed by atoms with E-state index in [0.29, 0.717) is 10.8 Å². The van der Waals surface area contributed by atoms with E-state index in [0.717, 1.165) is 10.0 Å². The van der Waals surface area contributed by atoms with Crippen molar-refractivity contribution in [3.05, 3.63) is 57.5 Å². The molecule has 146 valence electrons. The summed E-state index contributed by atoms with van der Waals surface area (Å²) < 4.78 is 32.7. The number of nitrogens with one attached hydrogen (secondary N) is 2. The lowest BCUT2D eigenvalue weighted by molar-refractivity contribution is -0.121. The third-order valence-electron chi connectivity index (χ3n) is 3.80. The lowest BCUT2D eigenvalue weighted by atomic mass is 10.1. The van der Waals surface area contributed by atoms with E-state index in [1.54, 1.807) is 25.3 Å². The van der Waals surface area contributed by atoms with Gasteiger partial charge in [0.1, 0.15) is 5.75 Å². The lowest BCUT2D eigenvalue weighted by Crippen LogP contribution is -2.32. The van der Waals surface area contributed by atoms with Crippen LogP contribution in [0.4, 0.5) is 0 Å². The largest absolute Gasteiger partial charge is 0.496 e. The van der Waals surface area contributed by atoms with Crippen LogP contribution >= 0.6 is 27.5 Å². The van der Waals surface area contributed by atoms with Crippen molar-refractivity contribution in [1.82, 2.24) is 10.0 Å². The molecule has 6 nitrogen and oxygen atoms in total. The quantitative estimate of drug-likeness (QED) is 0.610. The van der Waals surface area contributed by atoms with Crippen molar-refractivity contribution in [2.75, 3.05) is 13.7 Å². The third-order valence-corrected chi connectivity index (χ3v) is 6.12. The summed E-state index contributed by atoms with van der Waals surface area (Å²) in [5.41, 5.74) is 0.899. The highest BCUT2D eigenvalue weighted by Crippen LogP contribution is 2.28. The Morgan fingerprint density at radius 2 is 2.00 bits per heavy atom. The fourth-order valence-electron chi connectivity index (χ4n) is 2.37. The lowest BCUT2D eigenvalue weighted by Gasteiger charge is -2.16. The van der Waals surface area contributed by atoms with Crippen LogP contribution < -0.4 is 14.8 Å². The summed E-state index contributed by atoms with van der Waals surface area (Å²) in [5, 5.41) is 3.17. The Bertz CT molecular complexity index is 921. The summed E-state index contributed by atoms with van der Waals surface area (Å²) in [6, 6.07) is 11.2. The average Bonchev–Trinajstić information content (AvgIpc) is 2.61. The van der Waals surface area contributed by atoms with Gasteiger partial charge in [-0.05, 0) is 58.7 Å². The number of hydrogen-bond donors (Lipinski definition) is 2. The van der Waals surface area contributed by atoms with Gasteiger partial charge in [-0.1, -0.05) is 23.7 Å². The molecule has 2 aromatic carbocycles. The number of amides is 1. The van der Waals surface area contributed by atoms with E-state index in [9.17, 15) is 13.2 Å². The molecule has 0 radical (unpaired) electrons. The zero-order chi connectivity index (χ0) is 20.0. The monoisotopic (exact) mass is 474 g/mol. The van der Waals surface area contributed by atoms with E-state index >= 15 is 0 Å². The zero-order valence-electron chi connectivity index (χ0n) is 14.8. The minimum atomic E-state index is -3.71. The van der Waals surface area contributed by atoms with Gasteiger partial charge in [0.25, 0.3) is 0 Å². The number of hydrogen-bond acceptors (Lipinski definition) is 4. The zero-order valence-corrected chi connectivity index (χ0v) is 18.0. The topological polar surface area (TPSA) is 84.5 Å². The molecule has 0 spiro atoms.